The molecular weight excluding hydrogens is 1740 g/mol. The number of aliphatic carboxylic acids is 2. The van der Waals surface area contributed by atoms with Gasteiger partial charge in [-0.25, -0.2) is 0 Å². The molecule has 132 heavy (non-hydrogen) atoms. The fourth-order valence-corrected chi connectivity index (χ4v) is 17.8. The van der Waals surface area contributed by atoms with Crippen LogP contribution in [0.3, 0.4) is 0 Å². The molecule has 0 saturated carbocycles. The van der Waals surface area contributed by atoms with Gasteiger partial charge in [0.1, 0.15) is 90.3 Å². The molecule has 0 aliphatic carbocycles. The first-order valence-electron chi connectivity index (χ1n) is 44.6. The van der Waals surface area contributed by atoms with Crippen LogP contribution in [0.4, 0.5) is 0 Å². The molecule has 0 unspecified atom stereocenters. The third kappa shape index (κ3) is 27.9. The molecule has 9 rings (SSSR count). The monoisotopic (exact) mass is 1860 g/mol. The molecule has 3 aromatic carbocycles. The molecule has 4 aliphatic heterocycles. The summed E-state index contributed by atoms with van der Waals surface area (Å²) in [5.41, 5.74) is 14.1. The van der Waals surface area contributed by atoms with Crippen LogP contribution in [0.25, 0.3) is 21.8 Å². The lowest BCUT2D eigenvalue weighted by atomic mass is 9.97. The van der Waals surface area contributed by atoms with E-state index < -0.39 is 261 Å². The average molecular weight is 1860 g/mol. The summed E-state index contributed by atoms with van der Waals surface area (Å²) in [5, 5.41) is 80.0. The highest BCUT2D eigenvalue weighted by molar-refractivity contribution is 8.00. The van der Waals surface area contributed by atoms with Crippen LogP contribution in [-0.4, -0.2) is 322 Å². The third-order valence-corrected chi connectivity index (χ3v) is 25.0. The number of carboxylic acids is 2. The van der Waals surface area contributed by atoms with Gasteiger partial charge in [-0.2, -0.15) is 0 Å². The molecule has 0 spiro atoms. The number of rotatable bonds is 24. The summed E-state index contributed by atoms with van der Waals surface area (Å²) in [4.78, 5) is 273. The lowest BCUT2D eigenvalue weighted by Gasteiger charge is -2.38. The van der Waals surface area contributed by atoms with Crippen molar-refractivity contribution in [2.45, 2.75) is 240 Å². The number of aromatic nitrogens is 2. The maximum Gasteiger partial charge on any atom is 0.305 e. The van der Waals surface area contributed by atoms with Crippen LogP contribution in [-0.2, 0) is 106 Å². The Morgan fingerprint density at radius 1 is 0.523 bits per heavy atom. The number of carbonyl (C=O) groups is 18. The standard InChI is InChI=1S/C89H123N19O23S/c1-7-9-22-67-81(123)97-59(34-48(3)4)77(119)103-66(76(118)94-43-72(91)112)46-132-47-73(113)95-61(35-49-26-28-52(110)29-27-49)87(129)106-32-16-15-24-68(106)82(124)100-63(39-75(116)117)88(130)107-33-17-25-69(107)83(125)101-64(40-90)79(121)96-58(30-31-74(114)115)86(128)108-44-53(111)38-71(108)84(126)98-60(36-50-41-92-56-20-13-11-18-54(50)56)78(120)102-65(45-109)80(122)99-62(37-51-42-93-57-21-14-12-19-55(51)57)85(127)105(6)70(23-10-8-2)89(131)104(67)5/h11-14,18-21,26-29,41-42,48,53,58-71,92-93,109-111H,7-10,15-17,22-25,30-40,43-47,90H2,1-6H3,(H2,91,112)(H,94,118)(H,95,113)(H,96,121)(H,97,123)(H,98,126)(H,99,122)(H,100,124)(H,101,125)(H,102,120)(H,103,119)(H,114,115)(H,116,117)/t53-,58+,59+,60+,61+,62+,63+,64+,65+,66+,67+,68+,69+,70+,71+/m1/s1. The molecule has 43 heteroatoms. The highest BCUT2D eigenvalue weighted by Gasteiger charge is 2.47. The number of nitrogens with one attached hydrogen (secondary N) is 12. The number of likely N-dealkylation sites (N-methyl/N-ethyl adjacent to an activating group) is 2. The molecule has 6 heterocycles. The first-order valence-corrected chi connectivity index (χ1v) is 45.7. The van der Waals surface area contributed by atoms with E-state index in [9.17, 15) is 73.5 Å². The van der Waals surface area contributed by atoms with E-state index in [2.05, 4.69) is 63.1 Å². The lowest BCUT2D eigenvalue weighted by molar-refractivity contribution is -0.149. The molecule has 21 N–H and O–H groups in total. The van der Waals surface area contributed by atoms with Crippen LogP contribution in [0.15, 0.2) is 85.2 Å². The summed E-state index contributed by atoms with van der Waals surface area (Å²) < 4.78 is 0. The minimum Gasteiger partial charge on any atom is -0.508 e. The summed E-state index contributed by atoms with van der Waals surface area (Å²) in [6, 6.07) is -3.04. The number of unbranched alkanes of at least 4 members (excludes halogenated alkanes) is 2. The number of aliphatic hydroxyl groups is 2. The molecule has 4 aliphatic rings. The molecule has 42 nitrogen and oxygen atoms in total. The van der Waals surface area contributed by atoms with E-state index in [0.29, 0.717) is 77.0 Å². The smallest absolute Gasteiger partial charge is 0.305 e. The van der Waals surface area contributed by atoms with Crippen LogP contribution in [0.1, 0.15) is 147 Å². The van der Waals surface area contributed by atoms with Crippen LogP contribution in [0.2, 0.25) is 0 Å². The van der Waals surface area contributed by atoms with Crippen molar-refractivity contribution in [2.24, 2.45) is 17.4 Å². The number of hydrogen-bond acceptors (Lipinski definition) is 23. The van der Waals surface area contributed by atoms with E-state index in [-0.39, 0.29) is 82.5 Å². The number of carbonyl (C=O) groups excluding carboxylic acids is 16. The number of aromatic amines is 2. The maximum absolute atomic E-state index is 15.7. The minimum absolute atomic E-state index is 0.00135. The fraction of sp³-hybridized carbons (Fsp3) is 0.551. The van der Waals surface area contributed by atoms with Crippen molar-refractivity contribution < 1.29 is 112 Å². The number of piperidine rings is 1. The summed E-state index contributed by atoms with van der Waals surface area (Å²) in [6.45, 7) is 3.75. The highest BCUT2D eigenvalue weighted by Crippen LogP contribution is 2.29. The number of aromatic hydroxyl groups is 1. The van der Waals surface area contributed by atoms with Gasteiger partial charge in [-0.05, 0) is 105 Å². The van der Waals surface area contributed by atoms with Gasteiger partial charge < -0.3 is 125 Å². The predicted molar refractivity (Wildman–Crippen MR) is 480 cm³/mol. The Kier molecular flexibility index (Phi) is 38.2. The summed E-state index contributed by atoms with van der Waals surface area (Å²) in [7, 11) is 2.70. The number of phenols is 1. The molecule has 16 amide bonds. The molecule has 718 valence electrons. The fourth-order valence-electron chi connectivity index (χ4n) is 16.9. The summed E-state index contributed by atoms with van der Waals surface area (Å²) in [6.07, 6.45) is 0.0690. The molecule has 5 aromatic rings. The Hall–Kier alpha value is -12.8. The Morgan fingerprint density at radius 2 is 1.02 bits per heavy atom. The number of hydrogen-bond donors (Lipinski definition) is 19. The van der Waals surface area contributed by atoms with E-state index in [1.807, 2.05) is 13.8 Å². The van der Waals surface area contributed by atoms with Gasteiger partial charge in [0.2, 0.25) is 94.5 Å². The van der Waals surface area contributed by atoms with Gasteiger partial charge in [0.15, 0.2) is 0 Å². The largest absolute Gasteiger partial charge is 0.508 e. The van der Waals surface area contributed by atoms with Crippen LogP contribution in [0.5, 0.6) is 5.75 Å². The second-order valence-corrected chi connectivity index (χ2v) is 35.3. The number of phenolic OH excluding ortho intramolecular Hbond substituents is 1. The third-order valence-electron chi connectivity index (χ3n) is 24.0. The number of benzene rings is 3. The normalized spacial score (nSPS) is 25.6. The topological polar surface area (TPSA) is 629 Å². The number of nitrogens with two attached hydrogens (primary N) is 2. The molecule has 2 aromatic heterocycles. The average Bonchev–Trinajstić information content (AvgIpc) is 1.61. The Morgan fingerprint density at radius 3 is 1.61 bits per heavy atom. The van der Waals surface area contributed by atoms with E-state index in [4.69, 9.17) is 11.5 Å². The van der Waals surface area contributed by atoms with Crippen LogP contribution >= 0.6 is 11.8 Å². The van der Waals surface area contributed by atoms with E-state index in [0.717, 1.165) is 31.4 Å². The Labute approximate surface area is 766 Å². The SMILES string of the molecule is CCCC[C@H]1C(=O)N(C)[C@@H](CCCC)C(=O)N[C@@H](CC(C)C)C(=O)N[C@H](C(=O)NCC(N)=O)CSCC(=O)N[C@@H](Cc2ccc(O)cc2)C(=O)N2CCCC[C@H]2C(=O)N[C@@H](CC(=O)O)C(=O)N2CCC[C@H]2C(=O)N[C@@H](CN)C(=O)N[C@@H](CCC(=O)O)C(=O)N2C[C@H](O)C[C@H]2C(=O)N[C@@H](Cc2c[nH]c3ccccc23)C(=O)N[C@@H](CO)C(=O)N[C@@H](Cc2c[nH]c3ccccc23)C(=O)N1C. The quantitative estimate of drug-likeness (QED) is 0.0312. The molecule has 4 saturated heterocycles. The number of carboxylic acid groups (broad SMARTS) is 2. The molecule has 0 radical (unpaired) electrons. The van der Waals surface area contributed by atoms with Crippen molar-refractivity contribution in [1.29, 1.82) is 0 Å². The summed E-state index contributed by atoms with van der Waals surface area (Å²) in [5.74, 6) is -20.1. The van der Waals surface area contributed by atoms with Gasteiger partial charge in [0, 0.05) is 112 Å². The van der Waals surface area contributed by atoms with Crippen molar-refractivity contribution in [2.75, 3.05) is 64.9 Å². The van der Waals surface area contributed by atoms with E-state index in [1.165, 1.54) is 43.3 Å². The van der Waals surface area contributed by atoms with Gasteiger partial charge in [-0.15, -0.1) is 11.8 Å². The second kappa shape index (κ2) is 48.9. The van der Waals surface area contributed by atoms with Crippen LogP contribution < -0.4 is 64.6 Å². The van der Waals surface area contributed by atoms with Gasteiger partial charge >= 0.3 is 11.9 Å². The zero-order valence-corrected chi connectivity index (χ0v) is 75.6. The zero-order chi connectivity index (χ0) is 96.3. The Bertz CT molecular complexity index is 4990. The number of para-hydroxylation sites is 2. The number of fused-ring (bicyclic) bond motifs is 5. The predicted octanol–water partition coefficient (Wildman–Crippen LogP) is -2.20. The first-order chi connectivity index (χ1) is 62.9. The molecule has 0 bridgehead atoms. The molecular formula is C89H123N19O23S. The van der Waals surface area contributed by atoms with Crippen molar-refractivity contribution in [3.63, 3.8) is 0 Å². The van der Waals surface area contributed by atoms with E-state index in [1.54, 1.807) is 74.8 Å². The number of thioether (sulfide) groups is 1. The molecule has 15 atom stereocenters. The number of H-pyrrole nitrogens is 2. The van der Waals surface area contributed by atoms with Gasteiger partial charge in [0.05, 0.1) is 31.4 Å². The number of primary amides is 1. The van der Waals surface area contributed by atoms with Gasteiger partial charge in [-0.3, -0.25) is 86.3 Å². The first kappa shape index (κ1) is 103. The summed E-state index contributed by atoms with van der Waals surface area (Å²) >= 11 is 0.791. The number of aliphatic hydroxyl groups excluding tert-OH is 2. The van der Waals surface area contributed by atoms with Crippen molar-refractivity contribution in [3.05, 3.63) is 102 Å². The van der Waals surface area contributed by atoms with Crippen molar-refractivity contribution in [3.8, 4) is 5.75 Å². The van der Waals surface area contributed by atoms with Crippen molar-refractivity contribution >= 4 is 140 Å². The number of nitrogens with zero attached hydrogens (tertiary/aromatic N) is 5. The van der Waals surface area contributed by atoms with Gasteiger partial charge in [0.25, 0.3) is 0 Å². The maximum atomic E-state index is 15.7. The van der Waals surface area contributed by atoms with Crippen LogP contribution in [0, 0.1) is 5.92 Å². The van der Waals surface area contributed by atoms with E-state index >= 15 is 38.4 Å². The zero-order valence-electron chi connectivity index (χ0n) is 74.8. The lowest BCUT2D eigenvalue weighted by Crippen LogP contribution is -2.62. The Balaban J connectivity index is 1.09. The minimum atomic E-state index is -1.92. The number of amides is 16. The highest BCUT2D eigenvalue weighted by atomic mass is 32.2. The van der Waals surface area contributed by atoms with Crippen molar-refractivity contribution in [1.82, 2.24) is 87.6 Å². The second-order valence-electron chi connectivity index (χ2n) is 34.2. The molecule has 4 fully saturated rings. The van der Waals surface area contributed by atoms with Gasteiger partial charge in [-0.1, -0.05) is 102 Å².